The van der Waals surface area contributed by atoms with Gasteiger partial charge in [-0.25, -0.2) is 4.98 Å². The first-order valence-electron chi connectivity index (χ1n) is 6.62. The summed E-state index contributed by atoms with van der Waals surface area (Å²) in [6.45, 7) is 0. The first-order valence-corrected chi connectivity index (χ1v) is 6.62. The Balaban J connectivity index is 2.49. The molecule has 11 heteroatoms. The lowest BCUT2D eigenvalue weighted by atomic mass is 10.1. The molecule has 0 unspecified atom stereocenters. The molecule has 2 heterocycles. The Bertz CT molecular complexity index is 704. The Morgan fingerprint density at radius 1 is 0.920 bits per heavy atom. The summed E-state index contributed by atoms with van der Waals surface area (Å²) < 4.78 is 80.4. The second-order valence-corrected chi connectivity index (χ2v) is 4.78. The highest BCUT2D eigenvalue weighted by atomic mass is 19.4. The summed E-state index contributed by atoms with van der Waals surface area (Å²) in [4.78, 5) is 18.8. The van der Waals surface area contributed by atoms with Crippen molar-refractivity contribution < 1.29 is 31.1 Å². The average molecular weight is 364 g/mol. The van der Waals surface area contributed by atoms with Crippen molar-refractivity contribution in [1.29, 1.82) is 0 Å². The molecule has 2 rings (SSSR count). The van der Waals surface area contributed by atoms with Crippen LogP contribution in [0, 0.1) is 0 Å². The molecule has 0 aliphatic carbocycles. The lowest BCUT2D eigenvalue weighted by molar-refractivity contribution is -0.294. The zero-order chi connectivity index (χ0) is 18.7. The lowest BCUT2D eigenvalue weighted by Gasteiger charge is -2.38. The third-order valence-electron chi connectivity index (χ3n) is 3.06. The molecule has 0 aromatic carbocycles. The maximum atomic E-state index is 13.4. The van der Waals surface area contributed by atoms with Crippen LogP contribution in [-0.2, 0) is 0 Å². The van der Waals surface area contributed by atoms with Crippen molar-refractivity contribution in [3.05, 3.63) is 54.5 Å². The van der Waals surface area contributed by atoms with E-state index in [9.17, 15) is 31.1 Å². The van der Waals surface area contributed by atoms with E-state index >= 15 is 0 Å². The maximum absolute atomic E-state index is 13.4. The molecule has 2 N–H and O–H groups in total. The van der Waals surface area contributed by atoms with Crippen LogP contribution in [0.25, 0.3) is 0 Å². The molecular formula is C14H10F6N4O. The van der Waals surface area contributed by atoms with Crippen molar-refractivity contribution in [2.75, 3.05) is 5.32 Å². The van der Waals surface area contributed by atoms with Gasteiger partial charge in [0, 0.05) is 18.6 Å². The van der Waals surface area contributed by atoms with Gasteiger partial charge < -0.3 is 10.6 Å². The van der Waals surface area contributed by atoms with Crippen LogP contribution in [0.15, 0.2) is 48.9 Å². The van der Waals surface area contributed by atoms with E-state index in [1.807, 2.05) is 0 Å². The number of carbonyl (C=O) groups excluding carboxylic acids is 1. The standard InChI is InChI=1S/C14H10F6N4O/c15-13(16,17)12(14(18,19)20,23-10-5-1-2-7-22-10)24-11(25)9-4-3-6-21-8-9/h1-8H,(H,22,23)(H,24,25). The number of pyridine rings is 2. The molecule has 0 aliphatic heterocycles. The minimum Gasteiger partial charge on any atom is -0.332 e. The largest absolute Gasteiger partial charge is 0.439 e. The molecule has 0 saturated heterocycles. The number of nitrogens with one attached hydrogen (secondary N) is 2. The Morgan fingerprint density at radius 3 is 2.08 bits per heavy atom. The van der Waals surface area contributed by atoms with Crippen LogP contribution in [-0.4, -0.2) is 33.9 Å². The van der Waals surface area contributed by atoms with Crippen molar-refractivity contribution in [3.63, 3.8) is 0 Å². The topological polar surface area (TPSA) is 66.9 Å². The molecule has 0 aliphatic rings. The van der Waals surface area contributed by atoms with Gasteiger partial charge in [0.15, 0.2) is 0 Å². The molecule has 0 spiro atoms. The van der Waals surface area contributed by atoms with Gasteiger partial charge in [-0.05, 0) is 24.3 Å². The predicted octanol–water partition coefficient (Wildman–Crippen LogP) is 3.14. The zero-order valence-corrected chi connectivity index (χ0v) is 12.2. The molecule has 2 aromatic heterocycles. The van der Waals surface area contributed by atoms with E-state index in [1.165, 1.54) is 29.7 Å². The number of halogens is 6. The first kappa shape index (κ1) is 18.5. The van der Waals surface area contributed by atoms with Crippen molar-refractivity contribution >= 4 is 11.7 Å². The molecule has 0 saturated carbocycles. The second kappa shape index (κ2) is 6.57. The van der Waals surface area contributed by atoms with Gasteiger partial charge in [-0.2, -0.15) is 26.3 Å². The number of hydrogen-bond acceptors (Lipinski definition) is 4. The third-order valence-corrected chi connectivity index (χ3v) is 3.06. The molecule has 0 bridgehead atoms. The van der Waals surface area contributed by atoms with Gasteiger partial charge in [0.05, 0.1) is 5.56 Å². The van der Waals surface area contributed by atoms with Crippen LogP contribution in [0.3, 0.4) is 0 Å². The quantitative estimate of drug-likeness (QED) is 0.646. The summed E-state index contributed by atoms with van der Waals surface area (Å²) in [6, 6.07) is 5.63. The zero-order valence-electron chi connectivity index (χ0n) is 12.2. The molecule has 134 valence electrons. The van der Waals surface area contributed by atoms with E-state index < -0.39 is 35.3 Å². The minimum atomic E-state index is -5.92. The molecule has 1 amide bonds. The fourth-order valence-electron chi connectivity index (χ4n) is 1.84. The average Bonchev–Trinajstić information content (AvgIpc) is 2.54. The summed E-state index contributed by atoms with van der Waals surface area (Å²) in [7, 11) is 0. The lowest BCUT2D eigenvalue weighted by Crippen LogP contribution is -2.72. The fraction of sp³-hybridized carbons (Fsp3) is 0.214. The number of anilines is 1. The van der Waals surface area contributed by atoms with Gasteiger partial charge in [0.2, 0.25) is 0 Å². The fourth-order valence-corrected chi connectivity index (χ4v) is 1.84. The molecule has 2 aromatic rings. The van der Waals surface area contributed by atoms with Crippen LogP contribution in [0.1, 0.15) is 10.4 Å². The normalized spacial score (nSPS) is 12.6. The number of alkyl halides is 6. The van der Waals surface area contributed by atoms with E-state index in [1.54, 1.807) is 0 Å². The van der Waals surface area contributed by atoms with Gasteiger partial charge in [0.1, 0.15) is 5.82 Å². The number of hydrogen-bond donors (Lipinski definition) is 2. The minimum absolute atomic E-state index is 0.469. The molecule has 0 radical (unpaired) electrons. The van der Waals surface area contributed by atoms with Crippen LogP contribution in [0.5, 0.6) is 0 Å². The van der Waals surface area contributed by atoms with Gasteiger partial charge >= 0.3 is 18.0 Å². The van der Waals surface area contributed by atoms with Crippen LogP contribution < -0.4 is 10.6 Å². The molecular weight excluding hydrogens is 354 g/mol. The second-order valence-electron chi connectivity index (χ2n) is 4.78. The molecule has 25 heavy (non-hydrogen) atoms. The number of aromatic nitrogens is 2. The van der Waals surface area contributed by atoms with Crippen molar-refractivity contribution in [2.24, 2.45) is 0 Å². The van der Waals surface area contributed by atoms with Crippen LogP contribution in [0.2, 0.25) is 0 Å². The Labute approximate surface area is 137 Å². The van der Waals surface area contributed by atoms with Crippen molar-refractivity contribution in [2.45, 2.75) is 18.0 Å². The van der Waals surface area contributed by atoms with Crippen LogP contribution in [0.4, 0.5) is 32.2 Å². The van der Waals surface area contributed by atoms with Crippen LogP contribution >= 0.6 is 0 Å². The summed E-state index contributed by atoms with van der Waals surface area (Å²) in [5, 5.41) is 2.25. The highest BCUT2D eigenvalue weighted by molar-refractivity contribution is 5.94. The van der Waals surface area contributed by atoms with Gasteiger partial charge in [-0.1, -0.05) is 6.07 Å². The summed E-state index contributed by atoms with van der Waals surface area (Å²) in [6.07, 6.45) is -8.78. The van der Waals surface area contributed by atoms with E-state index in [0.717, 1.165) is 29.8 Å². The molecule has 5 nitrogen and oxygen atoms in total. The highest BCUT2D eigenvalue weighted by Gasteiger charge is 2.72. The van der Waals surface area contributed by atoms with Gasteiger partial charge in [0.25, 0.3) is 5.91 Å². The SMILES string of the molecule is O=C(NC(Nc1ccccn1)(C(F)(F)F)C(F)(F)F)c1cccnc1. The summed E-state index contributed by atoms with van der Waals surface area (Å²) in [5.41, 5.74) is -5.20. The summed E-state index contributed by atoms with van der Waals surface area (Å²) in [5.74, 6) is -2.32. The number of rotatable bonds is 4. The molecule has 0 atom stereocenters. The van der Waals surface area contributed by atoms with Crippen molar-refractivity contribution in [1.82, 2.24) is 15.3 Å². The maximum Gasteiger partial charge on any atom is 0.439 e. The monoisotopic (exact) mass is 364 g/mol. The smallest absolute Gasteiger partial charge is 0.332 e. The Morgan fingerprint density at radius 2 is 1.60 bits per heavy atom. The predicted molar refractivity (Wildman–Crippen MR) is 74.4 cm³/mol. The van der Waals surface area contributed by atoms with Gasteiger partial charge in [-0.3, -0.25) is 9.78 Å². The Kier molecular flexibility index (Phi) is 4.86. The molecule has 0 fully saturated rings. The van der Waals surface area contributed by atoms with Crippen molar-refractivity contribution in [3.8, 4) is 0 Å². The van der Waals surface area contributed by atoms with E-state index in [0.29, 0.717) is 0 Å². The highest BCUT2D eigenvalue weighted by Crippen LogP contribution is 2.43. The van der Waals surface area contributed by atoms with E-state index in [-0.39, 0.29) is 0 Å². The van der Waals surface area contributed by atoms with Gasteiger partial charge in [-0.15, -0.1) is 0 Å². The van der Waals surface area contributed by atoms with E-state index in [2.05, 4.69) is 9.97 Å². The Hall–Kier alpha value is -2.85. The van der Waals surface area contributed by atoms with E-state index in [4.69, 9.17) is 0 Å². The third kappa shape index (κ3) is 3.80. The summed E-state index contributed by atoms with van der Waals surface area (Å²) >= 11 is 0. The number of amides is 1. The number of carbonyl (C=O) groups is 1. The number of nitrogens with zero attached hydrogens (tertiary/aromatic N) is 2. The first-order chi connectivity index (χ1) is 11.6.